The maximum atomic E-state index is 13.2. The third-order valence-electron chi connectivity index (χ3n) is 4.08. The van der Waals surface area contributed by atoms with Crippen molar-refractivity contribution < 1.29 is 4.39 Å². The van der Waals surface area contributed by atoms with Crippen LogP contribution in [0.2, 0.25) is 0 Å². The van der Waals surface area contributed by atoms with Gasteiger partial charge in [-0.3, -0.25) is 4.90 Å². The summed E-state index contributed by atoms with van der Waals surface area (Å²) < 4.78 is 13.2. The molecule has 3 rings (SSSR count). The van der Waals surface area contributed by atoms with Gasteiger partial charge in [-0.05, 0) is 25.7 Å². The molecule has 0 aromatic heterocycles. The molecule has 3 aliphatic rings. The van der Waals surface area contributed by atoms with Crippen LogP contribution in [0.3, 0.4) is 0 Å². The van der Waals surface area contributed by atoms with Gasteiger partial charge in [0.25, 0.3) is 0 Å². The molecular formula is C9H14FN. The van der Waals surface area contributed by atoms with Crippen molar-refractivity contribution >= 4 is 0 Å². The van der Waals surface area contributed by atoms with E-state index >= 15 is 0 Å². The van der Waals surface area contributed by atoms with Crippen molar-refractivity contribution in [3.05, 3.63) is 0 Å². The van der Waals surface area contributed by atoms with E-state index in [2.05, 4.69) is 11.8 Å². The Morgan fingerprint density at radius 1 is 1.55 bits per heavy atom. The summed E-state index contributed by atoms with van der Waals surface area (Å²) >= 11 is 0. The molecule has 0 radical (unpaired) electrons. The summed E-state index contributed by atoms with van der Waals surface area (Å²) in [6.45, 7) is 2.23. The highest BCUT2D eigenvalue weighted by molar-refractivity contribution is 5.23. The van der Waals surface area contributed by atoms with Crippen LogP contribution < -0.4 is 0 Å². The van der Waals surface area contributed by atoms with Gasteiger partial charge in [-0.2, -0.15) is 0 Å². The Morgan fingerprint density at radius 2 is 2.36 bits per heavy atom. The van der Waals surface area contributed by atoms with Crippen LogP contribution in [-0.4, -0.2) is 28.7 Å². The first-order chi connectivity index (χ1) is 5.27. The van der Waals surface area contributed by atoms with Crippen molar-refractivity contribution in [2.75, 3.05) is 0 Å². The molecule has 3 saturated heterocycles. The van der Waals surface area contributed by atoms with Crippen LogP contribution in [0.25, 0.3) is 0 Å². The summed E-state index contributed by atoms with van der Waals surface area (Å²) in [6, 6.07) is 0.956. The van der Waals surface area contributed by atoms with E-state index in [0.29, 0.717) is 17.6 Å². The van der Waals surface area contributed by atoms with Gasteiger partial charge < -0.3 is 0 Å². The molecule has 0 N–H and O–H groups in total. The number of hydrogen-bond acceptors (Lipinski definition) is 1. The molecule has 0 aromatic rings. The van der Waals surface area contributed by atoms with Crippen LogP contribution in [0.4, 0.5) is 4.39 Å². The van der Waals surface area contributed by atoms with Gasteiger partial charge in [-0.1, -0.05) is 6.92 Å². The Kier molecular flexibility index (Phi) is 0.951. The summed E-state index contributed by atoms with van der Waals surface area (Å²) in [6.07, 6.45) is 3.97. The lowest BCUT2D eigenvalue weighted by molar-refractivity contribution is -0.172. The van der Waals surface area contributed by atoms with Crippen molar-refractivity contribution in [2.45, 2.75) is 56.4 Å². The van der Waals surface area contributed by atoms with Crippen LogP contribution in [-0.2, 0) is 0 Å². The van der Waals surface area contributed by atoms with Gasteiger partial charge in [-0.15, -0.1) is 0 Å². The van der Waals surface area contributed by atoms with Gasteiger partial charge >= 0.3 is 0 Å². The first-order valence-corrected chi connectivity index (χ1v) is 4.69. The smallest absolute Gasteiger partial charge is 0.117 e. The van der Waals surface area contributed by atoms with E-state index < -0.39 is 6.17 Å². The van der Waals surface area contributed by atoms with Crippen molar-refractivity contribution in [2.24, 2.45) is 0 Å². The van der Waals surface area contributed by atoms with E-state index in [-0.39, 0.29) is 0 Å². The highest BCUT2D eigenvalue weighted by Crippen LogP contribution is 2.60. The predicted octanol–water partition coefficient (Wildman–Crippen LogP) is 1.72. The van der Waals surface area contributed by atoms with E-state index in [1.165, 1.54) is 12.8 Å². The van der Waals surface area contributed by atoms with Crippen molar-refractivity contribution in [1.82, 2.24) is 4.90 Å². The van der Waals surface area contributed by atoms with Crippen LogP contribution in [0.15, 0.2) is 0 Å². The number of rotatable bonds is 1. The summed E-state index contributed by atoms with van der Waals surface area (Å²) in [4.78, 5) is 2.44. The molecule has 3 aliphatic heterocycles. The highest BCUT2D eigenvalue weighted by Gasteiger charge is 2.68. The number of piperidine rings is 1. The van der Waals surface area contributed by atoms with Gasteiger partial charge in [-0.25, -0.2) is 4.39 Å². The molecule has 0 spiro atoms. The topological polar surface area (TPSA) is 3.24 Å². The molecule has 0 aliphatic carbocycles. The molecule has 1 nitrogen and oxygen atoms in total. The largest absolute Gasteiger partial charge is 0.289 e. The first kappa shape index (κ1) is 6.41. The molecule has 62 valence electrons. The fourth-order valence-electron chi connectivity index (χ4n) is 3.49. The zero-order valence-electron chi connectivity index (χ0n) is 6.89. The SMILES string of the molecule is CCC12CC3CC(F)C(C1)N32. The van der Waals surface area contributed by atoms with Crippen LogP contribution in [0.1, 0.15) is 32.6 Å². The van der Waals surface area contributed by atoms with Gasteiger partial charge in [0.05, 0.1) is 0 Å². The van der Waals surface area contributed by atoms with Crippen molar-refractivity contribution in [3.8, 4) is 0 Å². The fourth-order valence-corrected chi connectivity index (χ4v) is 3.49. The molecule has 2 heteroatoms. The summed E-state index contributed by atoms with van der Waals surface area (Å²) in [7, 11) is 0. The normalized spacial score (nSPS) is 60.0. The average Bonchev–Trinajstić information content (AvgIpc) is 2.13. The lowest BCUT2D eigenvalue weighted by Gasteiger charge is -2.66. The second-order valence-corrected chi connectivity index (χ2v) is 4.37. The summed E-state index contributed by atoms with van der Waals surface area (Å²) in [5, 5.41) is 0. The van der Waals surface area contributed by atoms with E-state index in [1.54, 1.807) is 0 Å². The Bertz CT molecular complexity index is 206. The quantitative estimate of drug-likeness (QED) is 0.557. The van der Waals surface area contributed by atoms with E-state index in [4.69, 9.17) is 0 Å². The van der Waals surface area contributed by atoms with Crippen molar-refractivity contribution in [1.29, 1.82) is 0 Å². The molecule has 3 fully saturated rings. The maximum absolute atomic E-state index is 13.2. The second-order valence-electron chi connectivity index (χ2n) is 4.37. The Morgan fingerprint density at radius 3 is 3.00 bits per heavy atom. The third-order valence-corrected chi connectivity index (χ3v) is 4.08. The minimum Gasteiger partial charge on any atom is -0.289 e. The minimum absolute atomic E-state index is 0.327. The zero-order valence-corrected chi connectivity index (χ0v) is 6.89. The molecular weight excluding hydrogens is 141 g/mol. The fraction of sp³-hybridized carbons (Fsp3) is 1.00. The maximum Gasteiger partial charge on any atom is 0.117 e. The third kappa shape index (κ3) is 0.506. The zero-order chi connectivity index (χ0) is 7.64. The molecule has 0 saturated carbocycles. The van der Waals surface area contributed by atoms with Gasteiger partial charge in [0, 0.05) is 17.6 Å². The standard InChI is InChI=1S/C9H14FN/c1-2-9-4-6-3-7(10)8(5-9)11(6)9/h6-8H,2-5H2,1H3. The number of hydrogen-bond donors (Lipinski definition) is 0. The van der Waals surface area contributed by atoms with Gasteiger partial charge in [0.1, 0.15) is 6.17 Å². The van der Waals surface area contributed by atoms with Crippen LogP contribution in [0, 0.1) is 0 Å². The number of halogens is 1. The molecule has 4 atom stereocenters. The lowest BCUT2D eigenvalue weighted by atomic mass is 9.67. The molecule has 4 unspecified atom stereocenters. The number of nitrogens with zero attached hydrogens (tertiary/aromatic N) is 1. The monoisotopic (exact) mass is 155 g/mol. The van der Waals surface area contributed by atoms with Gasteiger partial charge in [0.15, 0.2) is 0 Å². The average molecular weight is 155 g/mol. The summed E-state index contributed by atoms with van der Waals surface area (Å²) in [5.74, 6) is 0. The van der Waals surface area contributed by atoms with E-state index in [9.17, 15) is 4.39 Å². The van der Waals surface area contributed by atoms with Crippen LogP contribution in [0.5, 0.6) is 0 Å². The minimum atomic E-state index is -0.498. The molecule has 0 aromatic carbocycles. The first-order valence-electron chi connectivity index (χ1n) is 4.69. The van der Waals surface area contributed by atoms with Crippen LogP contribution >= 0.6 is 0 Å². The summed E-state index contributed by atoms with van der Waals surface area (Å²) in [5.41, 5.74) is 0.482. The van der Waals surface area contributed by atoms with E-state index in [1.807, 2.05) is 0 Å². The predicted molar refractivity (Wildman–Crippen MR) is 41.2 cm³/mol. The van der Waals surface area contributed by atoms with Gasteiger partial charge in [0.2, 0.25) is 0 Å². The van der Waals surface area contributed by atoms with E-state index in [0.717, 1.165) is 12.8 Å². The molecule has 0 amide bonds. The highest BCUT2D eigenvalue weighted by atomic mass is 19.1. The Labute approximate surface area is 66.6 Å². The van der Waals surface area contributed by atoms with Crippen molar-refractivity contribution in [3.63, 3.8) is 0 Å². The molecule has 3 heterocycles. The molecule has 11 heavy (non-hydrogen) atoms. The Hall–Kier alpha value is -0.110. The number of alkyl halides is 1. The Balaban J connectivity index is 1.87. The lowest BCUT2D eigenvalue weighted by Crippen LogP contribution is -2.75. The molecule has 0 bridgehead atoms. The second kappa shape index (κ2) is 1.63.